The van der Waals surface area contributed by atoms with Gasteiger partial charge in [-0.25, -0.2) is 9.37 Å². The van der Waals surface area contributed by atoms with E-state index in [1.807, 2.05) is 18.8 Å². The Labute approximate surface area is 186 Å². The fraction of sp³-hybridized carbons (Fsp3) is 0.273. The third-order valence-electron chi connectivity index (χ3n) is 4.68. The van der Waals surface area contributed by atoms with E-state index in [0.717, 1.165) is 5.69 Å². The summed E-state index contributed by atoms with van der Waals surface area (Å²) in [4.78, 5) is 17.1. The smallest absolute Gasteiger partial charge is 0.251 e. The predicted molar refractivity (Wildman–Crippen MR) is 125 cm³/mol. The molecule has 6 nitrogen and oxygen atoms in total. The Bertz CT molecular complexity index is 1100. The highest BCUT2D eigenvalue weighted by molar-refractivity contribution is 7.50. The van der Waals surface area contributed by atoms with Crippen LogP contribution in [0, 0.1) is 5.82 Å². The van der Waals surface area contributed by atoms with E-state index in [9.17, 15) is 14.3 Å². The number of anilines is 2. The minimum absolute atomic E-state index is 0.257. The number of aliphatic hydroxyl groups is 1. The molecule has 3 rings (SSSR count). The molecule has 0 bridgehead atoms. The zero-order valence-electron chi connectivity index (χ0n) is 17.8. The van der Waals surface area contributed by atoms with Gasteiger partial charge in [-0.15, -0.1) is 11.3 Å². The van der Waals surface area contributed by atoms with Crippen molar-refractivity contribution in [1.29, 1.82) is 0 Å². The normalized spacial score (nSPS) is 12.6. The maximum atomic E-state index is 14.8. The van der Waals surface area contributed by atoms with E-state index in [4.69, 9.17) is 10.3 Å². The predicted octanol–water partition coefficient (Wildman–Crippen LogP) is 5.19. The number of halogens is 1. The Morgan fingerprint density at radius 3 is 2.68 bits per heavy atom. The van der Waals surface area contributed by atoms with Crippen molar-refractivity contribution in [2.75, 3.05) is 19.1 Å². The molecule has 0 aliphatic carbocycles. The van der Waals surface area contributed by atoms with Gasteiger partial charge in [-0.1, -0.05) is 18.2 Å². The topological polar surface area (TPSA) is 97.5 Å². The quantitative estimate of drug-likeness (QED) is 0.401. The summed E-state index contributed by atoms with van der Waals surface area (Å²) in [6, 6.07) is 11.7. The second-order valence-electron chi connectivity index (χ2n) is 7.58. The van der Waals surface area contributed by atoms with Crippen LogP contribution in [0.25, 0.3) is 10.4 Å². The number of thiophene rings is 1. The van der Waals surface area contributed by atoms with E-state index >= 15 is 0 Å². The molecule has 0 spiro atoms. The number of carbonyl (C=O) groups excluding carboxylic acids is 1. The van der Waals surface area contributed by atoms with Crippen LogP contribution in [0.15, 0.2) is 42.5 Å². The number of carbonyl (C=O) groups is 1. The third kappa shape index (κ3) is 5.66. The highest BCUT2D eigenvalue weighted by Gasteiger charge is 2.21. The number of pyridine rings is 1. The largest absolute Gasteiger partial charge is 0.386 e. The minimum Gasteiger partial charge on any atom is -0.386 e. The maximum Gasteiger partial charge on any atom is 0.251 e. The summed E-state index contributed by atoms with van der Waals surface area (Å²) in [7, 11) is 1.07. The Hall–Kier alpha value is -2.38. The van der Waals surface area contributed by atoms with E-state index < -0.39 is 25.5 Å². The monoisotopic (exact) mass is 461 g/mol. The second-order valence-corrected chi connectivity index (χ2v) is 10.6. The summed E-state index contributed by atoms with van der Waals surface area (Å²) < 4.78 is 20.1. The first-order chi connectivity index (χ1) is 14.6. The molecule has 0 aliphatic rings. The van der Waals surface area contributed by atoms with Crippen LogP contribution in [0.2, 0.25) is 0 Å². The number of rotatable bonds is 8. The van der Waals surface area contributed by atoms with Gasteiger partial charge in [0, 0.05) is 37.6 Å². The highest BCUT2D eigenvalue weighted by Crippen LogP contribution is 2.39. The molecule has 1 aromatic carbocycles. The first kappa shape index (κ1) is 23.3. The van der Waals surface area contributed by atoms with E-state index in [1.54, 1.807) is 45.2 Å². The van der Waals surface area contributed by atoms with Crippen LogP contribution in [0.5, 0.6) is 0 Å². The fourth-order valence-electron chi connectivity index (χ4n) is 2.94. The van der Waals surface area contributed by atoms with Gasteiger partial charge in [-0.2, -0.15) is 0 Å². The molecule has 164 valence electrons. The van der Waals surface area contributed by atoms with E-state index in [2.05, 4.69) is 10.3 Å². The lowest BCUT2D eigenvalue weighted by atomic mass is 9.96. The molecule has 3 aromatic rings. The number of hydrogen-bond acceptors (Lipinski definition) is 6. The van der Waals surface area contributed by atoms with Crippen molar-refractivity contribution in [2.24, 2.45) is 5.73 Å². The molecule has 0 radical (unpaired) electrons. The Balaban J connectivity index is 1.94. The summed E-state index contributed by atoms with van der Waals surface area (Å²) in [6.45, 7) is 5.20. The Morgan fingerprint density at radius 1 is 1.32 bits per heavy atom. The van der Waals surface area contributed by atoms with Crippen molar-refractivity contribution < 1.29 is 18.8 Å². The van der Waals surface area contributed by atoms with Crippen LogP contribution in [-0.2, 0) is 16.3 Å². The molecule has 2 aromatic heterocycles. The van der Waals surface area contributed by atoms with Crippen LogP contribution < -0.4 is 11.1 Å². The lowest BCUT2D eigenvalue weighted by molar-refractivity contribution is 0.0782. The Morgan fingerprint density at radius 2 is 2.06 bits per heavy atom. The van der Waals surface area contributed by atoms with Crippen molar-refractivity contribution in [1.82, 2.24) is 4.98 Å². The van der Waals surface area contributed by atoms with E-state index in [1.165, 1.54) is 17.4 Å². The van der Waals surface area contributed by atoms with Crippen molar-refractivity contribution in [2.45, 2.75) is 25.6 Å². The third-order valence-corrected chi connectivity index (χ3v) is 7.16. The Kier molecular flexibility index (Phi) is 7.06. The molecular weight excluding hydrogens is 436 g/mol. The van der Waals surface area contributed by atoms with Gasteiger partial charge in [0.1, 0.15) is 16.6 Å². The number of hydrogen-bond donors (Lipinski definition) is 3. The molecule has 9 heteroatoms. The first-order valence-electron chi connectivity index (χ1n) is 9.53. The molecule has 2 heterocycles. The van der Waals surface area contributed by atoms with Crippen LogP contribution in [-0.4, -0.2) is 29.8 Å². The van der Waals surface area contributed by atoms with Crippen LogP contribution >= 0.6 is 19.5 Å². The number of nitrogens with one attached hydrogen (secondary N) is 1. The number of primary amides is 1. The van der Waals surface area contributed by atoms with Crippen LogP contribution in [0.4, 0.5) is 15.2 Å². The van der Waals surface area contributed by atoms with E-state index in [0.29, 0.717) is 33.0 Å². The van der Waals surface area contributed by atoms with Crippen molar-refractivity contribution >= 4 is 36.2 Å². The average Bonchev–Trinajstić information content (AvgIpc) is 3.11. The molecular formula is C22H25FN3O3PS. The summed E-state index contributed by atoms with van der Waals surface area (Å²) in [5, 5.41) is 13.7. The molecule has 0 saturated carbocycles. The molecule has 0 aliphatic heterocycles. The summed E-state index contributed by atoms with van der Waals surface area (Å²) in [5.74, 6) is -0.545. The fourth-order valence-corrected chi connectivity index (χ4v) is 4.80. The number of nitrogens with two attached hydrogens (primary N) is 1. The molecule has 0 saturated heterocycles. The standard InChI is InChI=1S/C22H25FN3O3PS/c1-22(2,28)13-8-9-15(17(23)10-13)18-11-16(20(24)27)21(31-18)26-19-7-5-6-14(25-19)12-30(4)29-3/h5-11,28H,12H2,1-4H3,(H2,24,27)(H,25,26). The molecule has 1 unspecified atom stereocenters. The highest BCUT2D eigenvalue weighted by atomic mass is 32.1. The summed E-state index contributed by atoms with van der Waals surface area (Å²) in [5.41, 5.74) is 6.32. The number of nitrogens with zero attached hydrogens (tertiary/aromatic N) is 1. The van der Waals surface area contributed by atoms with Crippen molar-refractivity contribution in [3.8, 4) is 10.4 Å². The number of amides is 1. The van der Waals surface area contributed by atoms with Crippen molar-refractivity contribution in [3.63, 3.8) is 0 Å². The maximum absolute atomic E-state index is 14.8. The van der Waals surface area contributed by atoms with E-state index in [-0.39, 0.29) is 5.56 Å². The van der Waals surface area contributed by atoms with Gasteiger partial charge in [0.2, 0.25) is 0 Å². The second kappa shape index (κ2) is 9.40. The van der Waals surface area contributed by atoms with Crippen LogP contribution in [0.3, 0.4) is 0 Å². The van der Waals surface area contributed by atoms with Gasteiger partial charge in [-0.3, -0.25) is 4.79 Å². The molecule has 1 atom stereocenters. The molecule has 0 fully saturated rings. The van der Waals surface area contributed by atoms with Gasteiger partial charge in [0.05, 0.1) is 11.2 Å². The lowest BCUT2D eigenvalue weighted by Gasteiger charge is -2.18. The summed E-state index contributed by atoms with van der Waals surface area (Å²) >= 11 is 1.21. The zero-order chi connectivity index (χ0) is 22.8. The molecule has 31 heavy (non-hydrogen) atoms. The SMILES string of the molecule is COP(C)Cc1cccc(Nc2sc(-c3ccc(C(C)(C)O)cc3F)cc2C(N)=O)n1. The van der Waals surface area contributed by atoms with Gasteiger partial charge in [0.15, 0.2) is 0 Å². The van der Waals surface area contributed by atoms with Gasteiger partial charge < -0.3 is 20.7 Å². The molecule has 1 amide bonds. The van der Waals surface area contributed by atoms with Gasteiger partial charge in [0.25, 0.3) is 5.91 Å². The number of aromatic nitrogens is 1. The van der Waals surface area contributed by atoms with Gasteiger partial charge >= 0.3 is 0 Å². The minimum atomic E-state index is -1.15. The average molecular weight is 461 g/mol. The van der Waals surface area contributed by atoms with Crippen LogP contribution in [0.1, 0.15) is 35.5 Å². The number of benzene rings is 1. The lowest BCUT2D eigenvalue weighted by Crippen LogP contribution is -2.15. The first-order valence-corrected chi connectivity index (χ1v) is 12.2. The van der Waals surface area contributed by atoms with Crippen molar-refractivity contribution in [3.05, 3.63) is 65.1 Å². The zero-order valence-corrected chi connectivity index (χ0v) is 19.5. The molecule has 4 N–H and O–H groups in total. The van der Waals surface area contributed by atoms with Gasteiger partial charge in [-0.05, 0) is 50.3 Å². The summed E-state index contributed by atoms with van der Waals surface area (Å²) in [6.07, 6.45) is 0.707.